The number of nitro groups is 1. The number of amides is 1. The van der Waals surface area contributed by atoms with Crippen LogP contribution in [0.3, 0.4) is 0 Å². The van der Waals surface area contributed by atoms with Crippen LogP contribution < -0.4 is 0 Å². The lowest BCUT2D eigenvalue weighted by Crippen LogP contribution is -2.41. The minimum absolute atomic E-state index is 0.0348. The molecule has 2 heterocycles. The number of ether oxygens (including phenoxy) is 1. The summed E-state index contributed by atoms with van der Waals surface area (Å²) in [7, 11) is 0. The maximum absolute atomic E-state index is 12.1. The molecule has 0 fully saturated rings. The van der Waals surface area contributed by atoms with Crippen LogP contribution >= 0.6 is 11.3 Å². The number of carbonyl (C=O) groups excluding carboxylic acids is 1. The van der Waals surface area contributed by atoms with Gasteiger partial charge in [0.2, 0.25) is 11.6 Å². The van der Waals surface area contributed by atoms with Crippen molar-refractivity contribution in [1.82, 2.24) is 9.99 Å². The van der Waals surface area contributed by atoms with Gasteiger partial charge in [0.1, 0.15) is 0 Å². The number of hydrogen-bond donors (Lipinski definition) is 0. The maximum atomic E-state index is 12.1. The van der Waals surface area contributed by atoms with Gasteiger partial charge in [0.15, 0.2) is 5.01 Å². The number of rotatable bonds is 4. The Balaban J connectivity index is 1.97. The van der Waals surface area contributed by atoms with Crippen molar-refractivity contribution in [2.75, 3.05) is 0 Å². The van der Waals surface area contributed by atoms with Gasteiger partial charge in [-0.1, -0.05) is 13.8 Å². The minimum atomic E-state index is -1.19. The van der Waals surface area contributed by atoms with Gasteiger partial charge >= 0.3 is 0 Å². The van der Waals surface area contributed by atoms with E-state index >= 15 is 0 Å². The van der Waals surface area contributed by atoms with Gasteiger partial charge in [-0.25, -0.2) is 4.98 Å². The summed E-state index contributed by atoms with van der Waals surface area (Å²) in [4.78, 5) is 27.0. The molecule has 0 spiro atoms. The molecule has 1 amide bonds. The molecule has 1 aliphatic rings. The highest BCUT2D eigenvalue weighted by Crippen LogP contribution is 2.37. The minimum Gasteiger partial charge on any atom is -0.442 e. The van der Waals surface area contributed by atoms with Crippen molar-refractivity contribution in [3.8, 4) is 0 Å². The van der Waals surface area contributed by atoms with E-state index in [4.69, 9.17) is 4.74 Å². The summed E-state index contributed by atoms with van der Waals surface area (Å²) in [5.41, 5.74) is 0.277. The first kappa shape index (κ1) is 18.0. The molecule has 0 aliphatic carbocycles. The lowest BCUT2D eigenvalue weighted by atomic mass is 10.0. The molecule has 0 bridgehead atoms. The molecule has 0 saturated heterocycles. The zero-order valence-corrected chi connectivity index (χ0v) is 15.6. The third kappa shape index (κ3) is 3.05. The first-order chi connectivity index (χ1) is 12.2. The second-order valence-corrected chi connectivity index (χ2v) is 7.22. The Morgan fingerprint density at radius 2 is 2.00 bits per heavy atom. The fourth-order valence-electron chi connectivity index (χ4n) is 2.62. The van der Waals surface area contributed by atoms with Crippen LogP contribution in [0.2, 0.25) is 0 Å². The molecule has 2 aromatic rings. The van der Waals surface area contributed by atoms with Crippen LogP contribution in [0.4, 0.5) is 5.69 Å². The van der Waals surface area contributed by atoms with E-state index in [-0.39, 0.29) is 23.4 Å². The fraction of sp³-hybridized carbons (Fsp3) is 0.353. The zero-order valence-electron chi connectivity index (χ0n) is 14.8. The summed E-state index contributed by atoms with van der Waals surface area (Å²) in [6, 6.07) is 5.88. The third-order valence-corrected chi connectivity index (χ3v) is 4.95. The summed E-state index contributed by atoms with van der Waals surface area (Å²) >= 11 is 1.40. The van der Waals surface area contributed by atoms with Crippen molar-refractivity contribution in [3.63, 3.8) is 0 Å². The topological polar surface area (TPSA) is 97.9 Å². The van der Waals surface area contributed by atoms with Gasteiger partial charge in [0.05, 0.1) is 10.6 Å². The van der Waals surface area contributed by atoms with Crippen LogP contribution in [0, 0.1) is 10.1 Å². The van der Waals surface area contributed by atoms with Gasteiger partial charge in [-0.2, -0.15) is 5.01 Å². The molecule has 3 rings (SSSR count). The van der Waals surface area contributed by atoms with E-state index in [1.165, 1.54) is 35.4 Å². The second kappa shape index (κ2) is 6.49. The lowest BCUT2D eigenvalue weighted by molar-refractivity contribution is -0.384. The molecule has 1 aliphatic heterocycles. The quantitative estimate of drug-likeness (QED) is 0.602. The van der Waals surface area contributed by atoms with Crippen molar-refractivity contribution in [2.24, 2.45) is 5.10 Å². The Morgan fingerprint density at radius 1 is 1.35 bits per heavy atom. The molecule has 136 valence electrons. The van der Waals surface area contributed by atoms with E-state index in [0.717, 1.165) is 5.69 Å². The van der Waals surface area contributed by atoms with Crippen LogP contribution in [0.5, 0.6) is 0 Å². The number of hydrazone groups is 1. The molecule has 0 N–H and O–H groups in total. The largest absolute Gasteiger partial charge is 0.442 e. The zero-order chi connectivity index (χ0) is 19.1. The van der Waals surface area contributed by atoms with E-state index in [2.05, 4.69) is 10.1 Å². The number of hydrogen-bond acceptors (Lipinski definition) is 7. The Kier molecular flexibility index (Phi) is 4.49. The van der Waals surface area contributed by atoms with Crippen molar-refractivity contribution in [3.05, 3.63) is 56.0 Å². The molecule has 1 aromatic carbocycles. The van der Waals surface area contributed by atoms with Crippen LogP contribution in [0.25, 0.3) is 0 Å². The van der Waals surface area contributed by atoms with Crippen LogP contribution in [-0.2, 0) is 15.3 Å². The molecule has 0 saturated carbocycles. The molecule has 1 unspecified atom stereocenters. The normalized spacial score (nSPS) is 19.4. The highest BCUT2D eigenvalue weighted by atomic mass is 32.1. The first-order valence-electron chi connectivity index (χ1n) is 8.01. The monoisotopic (exact) mass is 374 g/mol. The molecular weight excluding hydrogens is 356 g/mol. The van der Waals surface area contributed by atoms with Gasteiger partial charge in [-0.05, 0) is 18.1 Å². The van der Waals surface area contributed by atoms with Crippen molar-refractivity contribution in [2.45, 2.75) is 39.3 Å². The van der Waals surface area contributed by atoms with Crippen molar-refractivity contribution in [1.29, 1.82) is 0 Å². The average molecular weight is 374 g/mol. The fourth-order valence-corrected chi connectivity index (χ4v) is 3.52. The number of non-ortho nitro benzene ring substituents is 1. The lowest BCUT2D eigenvalue weighted by Gasteiger charge is -2.30. The van der Waals surface area contributed by atoms with Crippen LogP contribution in [-0.4, -0.2) is 26.7 Å². The molecular formula is C17H18N4O4S. The third-order valence-electron chi connectivity index (χ3n) is 4.10. The standard InChI is InChI=1S/C17H18N4O4S/c1-10(2)14-9-26-16(18-14)15-19-20(11(3)22)17(4,25-15)12-5-7-13(8-6-12)21(23)24/h5-10H,1-4H3. The molecule has 8 nitrogen and oxygen atoms in total. The Labute approximate surface area is 154 Å². The smallest absolute Gasteiger partial charge is 0.270 e. The summed E-state index contributed by atoms with van der Waals surface area (Å²) in [6.45, 7) is 7.17. The molecule has 9 heteroatoms. The molecule has 0 radical (unpaired) electrons. The van der Waals surface area contributed by atoms with Gasteiger partial charge in [-0.3, -0.25) is 14.9 Å². The van der Waals surface area contributed by atoms with E-state index in [1.54, 1.807) is 19.1 Å². The predicted molar refractivity (Wildman–Crippen MR) is 96.8 cm³/mol. The molecule has 1 atom stereocenters. The number of benzene rings is 1. The second-order valence-electron chi connectivity index (χ2n) is 6.36. The van der Waals surface area contributed by atoms with Crippen LogP contribution in [0.1, 0.15) is 49.9 Å². The maximum Gasteiger partial charge on any atom is 0.270 e. The summed E-state index contributed by atoms with van der Waals surface area (Å²) < 4.78 is 6.02. The Bertz CT molecular complexity index is 890. The van der Waals surface area contributed by atoms with Crippen molar-refractivity contribution < 1.29 is 14.5 Å². The van der Waals surface area contributed by atoms with Gasteiger partial charge in [0, 0.05) is 36.9 Å². The first-order valence-corrected chi connectivity index (χ1v) is 8.89. The Hall–Kier alpha value is -2.81. The number of nitro benzene ring substituents is 1. The van der Waals surface area contributed by atoms with E-state index < -0.39 is 10.6 Å². The van der Waals surface area contributed by atoms with Gasteiger partial charge in [0.25, 0.3) is 11.6 Å². The number of nitrogens with zero attached hydrogens (tertiary/aromatic N) is 4. The molecule has 1 aromatic heterocycles. The van der Waals surface area contributed by atoms with Gasteiger partial charge < -0.3 is 4.74 Å². The number of thiazole rings is 1. The predicted octanol–water partition coefficient (Wildman–Crippen LogP) is 3.59. The van der Waals surface area contributed by atoms with E-state index in [0.29, 0.717) is 10.6 Å². The average Bonchev–Trinajstić information content (AvgIpc) is 3.20. The highest BCUT2D eigenvalue weighted by Gasteiger charge is 2.45. The van der Waals surface area contributed by atoms with Gasteiger partial charge in [-0.15, -0.1) is 16.4 Å². The van der Waals surface area contributed by atoms with E-state index in [1.807, 2.05) is 19.2 Å². The Morgan fingerprint density at radius 3 is 2.50 bits per heavy atom. The van der Waals surface area contributed by atoms with Crippen molar-refractivity contribution >= 4 is 28.8 Å². The highest BCUT2D eigenvalue weighted by molar-refractivity contribution is 7.11. The number of aromatic nitrogens is 1. The van der Waals surface area contributed by atoms with E-state index in [9.17, 15) is 14.9 Å². The molecule has 26 heavy (non-hydrogen) atoms. The summed E-state index contributed by atoms with van der Waals surface area (Å²) in [6.07, 6.45) is 0. The SMILES string of the molecule is CC(=O)N1N=C(c2nc(C(C)C)cs2)OC1(C)c1ccc([N+](=O)[O-])cc1. The van der Waals surface area contributed by atoms with Crippen LogP contribution in [0.15, 0.2) is 34.7 Å². The summed E-state index contributed by atoms with van der Waals surface area (Å²) in [5, 5.41) is 18.9. The number of carbonyl (C=O) groups is 1. The summed E-state index contributed by atoms with van der Waals surface area (Å²) in [5.74, 6) is 0.228.